The van der Waals surface area contributed by atoms with Gasteiger partial charge in [-0.1, -0.05) is 12.1 Å². The Bertz CT molecular complexity index is 1130. The second kappa shape index (κ2) is 6.61. The highest BCUT2D eigenvalue weighted by atomic mass is 32.2. The van der Waals surface area contributed by atoms with Crippen LogP contribution in [0.15, 0.2) is 35.6 Å². The van der Waals surface area contributed by atoms with Crippen LogP contribution in [-0.2, 0) is 17.1 Å². The van der Waals surface area contributed by atoms with Crippen molar-refractivity contribution >= 4 is 26.6 Å². The summed E-state index contributed by atoms with van der Waals surface area (Å²) in [6, 6.07) is 7.11. The number of anilines is 1. The minimum atomic E-state index is -3.96. The molecule has 3 rings (SSSR count). The average molecular weight is 389 g/mol. The van der Waals surface area contributed by atoms with E-state index in [1.165, 1.54) is 24.0 Å². The van der Waals surface area contributed by atoms with Gasteiger partial charge in [0.05, 0.1) is 28.6 Å². The molecule has 0 saturated carbocycles. The molecule has 0 radical (unpaired) electrons. The smallest absolute Gasteiger partial charge is 0.297 e. The second-order valence-corrected chi connectivity index (χ2v) is 8.32. The van der Waals surface area contributed by atoms with Gasteiger partial charge >= 0.3 is 0 Å². The van der Waals surface area contributed by atoms with Crippen molar-refractivity contribution in [3.8, 4) is 12.1 Å². The minimum Gasteiger partial charge on any atom is -0.462 e. The van der Waals surface area contributed by atoms with Crippen molar-refractivity contribution in [1.82, 2.24) is 14.5 Å². The maximum Gasteiger partial charge on any atom is 0.297 e. The number of H-pyrrole nitrogens is 1. The molecule has 10 heteroatoms. The number of sulfonamides is 1. The fourth-order valence-corrected chi connectivity index (χ4v) is 3.73. The number of ether oxygens (including phenoxy) is 1. The van der Waals surface area contributed by atoms with Crippen molar-refractivity contribution in [2.24, 2.45) is 7.05 Å². The molecule has 142 valence electrons. The predicted molar refractivity (Wildman–Crippen MR) is 98.8 cm³/mol. The molecule has 27 heavy (non-hydrogen) atoms. The van der Waals surface area contributed by atoms with Crippen LogP contribution in [-0.4, -0.2) is 40.3 Å². The lowest BCUT2D eigenvalue weighted by Gasteiger charge is -2.17. The Hall–Kier alpha value is -3.03. The highest BCUT2D eigenvalue weighted by Gasteiger charge is 2.24. The molecule has 1 aromatic carbocycles. The largest absolute Gasteiger partial charge is 0.462 e. The number of aliphatic hydroxyl groups is 1. The van der Waals surface area contributed by atoms with Crippen molar-refractivity contribution in [1.29, 1.82) is 5.26 Å². The van der Waals surface area contributed by atoms with E-state index in [9.17, 15) is 13.5 Å². The average Bonchev–Trinajstić information content (AvgIpc) is 3.16. The summed E-state index contributed by atoms with van der Waals surface area (Å²) in [6.07, 6.45) is 2.70. The highest BCUT2D eigenvalue weighted by molar-refractivity contribution is 7.92. The number of benzene rings is 1. The topological polar surface area (TPSA) is 133 Å². The first kappa shape index (κ1) is 18.8. The van der Waals surface area contributed by atoms with Crippen LogP contribution in [0.1, 0.15) is 19.4 Å². The number of rotatable bonds is 6. The van der Waals surface area contributed by atoms with E-state index < -0.39 is 15.6 Å². The molecule has 0 amide bonds. The van der Waals surface area contributed by atoms with Crippen LogP contribution < -0.4 is 9.46 Å². The lowest BCUT2D eigenvalue weighted by Crippen LogP contribution is -2.28. The van der Waals surface area contributed by atoms with E-state index in [1.807, 2.05) is 0 Å². The summed E-state index contributed by atoms with van der Waals surface area (Å²) in [5, 5.41) is 19.4. The lowest BCUT2D eigenvalue weighted by atomic mass is 10.2. The molecule has 0 aliphatic rings. The molecule has 0 aliphatic heterocycles. The van der Waals surface area contributed by atoms with Crippen molar-refractivity contribution in [2.45, 2.75) is 24.5 Å². The third-order valence-electron chi connectivity index (χ3n) is 3.81. The molecule has 2 aromatic heterocycles. The van der Waals surface area contributed by atoms with Gasteiger partial charge in [0.2, 0.25) is 0 Å². The first-order valence-corrected chi connectivity index (χ1v) is 9.50. The summed E-state index contributed by atoms with van der Waals surface area (Å²) in [4.78, 5) is 6.88. The van der Waals surface area contributed by atoms with Gasteiger partial charge in [-0.25, -0.2) is 4.98 Å². The Balaban J connectivity index is 1.91. The molecule has 2 heterocycles. The van der Waals surface area contributed by atoms with Gasteiger partial charge in [0.15, 0.2) is 5.03 Å². The molecule has 3 aromatic rings. The number of hydrogen-bond donors (Lipinski definition) is 3. The van der Waals surface area contributed by atoms with Crippen LogP contribution in [0.3, 0.4) is 0 Å². The zero-order chi connectivity index (χ0) is 19.8. The fourth-order valence-electron chi connectivity index (χ4n) is 2.53. The quantitative estimate of drug-likeness (QED) is 0.588. The Morgan fingerprint density at radius 2 is 2.19 bits per heavy atom. The van der Waals surface area contributed by atoms with Crippen LogP contribution in [0.25, 0.3) is 10.9 Å². The number of nitrogens with one attached hydrogen (secondary N) is 2. The molecule has 0 saturated heterocycles. The van der Waals surface area contributed by atoms with Gasteiger partial charge in [-0.15, -0.1) is 0 Å². The SMILES string of the molecule is Cn1c(S(=O)(=O)Nc2cccc3c(C#N)c[nH]c23)cnc1OCC(C)(C)O. The summed E-state index contributed by atoms with van der Waals surface area (Å²) >= 11 is 0. The third kappa shape index (κ3) is 3.74. The van der Waals surface area contributed by atoms with Crippen molar-refractivity contribution in [2.75, 3.05) is 11.3 Å². The highest BCUT2D eigenvalue weighted by Crippen LogP contribution is 2.27. The third-order valence-corrected chi connectivity index (χ3v) is 5.23. The predicted octanol–water partition coefficient (Wildman–Crippen LogP) is 1.72. The lowest BCUT2D eigenvalue weighted by molar-refractivity contribution is 0.0238. The number of fused-ring (bicyclic) bond motifs is 1. The van der Waals surface area contributed by atoms with Gasteiger partial charge in [0, 0.05) is 18.6 Å². The number of hydrogen-bond acceptors (Lipinski definition) is 6. The number of imidazole rings is 1. The van der Waals surface area contributed by atoms with Crippen LogP contribution in [0.2, 0.25) is 0 Å². The summed E-state index contributed by atoms with van der Waals surface area (Å²) in [5.74, 6) is 0. The Kier molecular flexibility index (Phi) is 4.59. The normalized spacial score (nSPS) is 12.1. The van der Waals surface area contributed by atoms with E-state index in [2.05, 4.69) is 20.8 Å². The molecule has 0 bridgehead atoms. The van der Waals surface area contributed by atoms with Gasteiger partial charge < -0.3 is 14.8 Å². The number of nitrogens with zero attached hydrogens (tertiary/aromatic N) is 3. The molecule has 0 atom stereocenters. The van der Waals surface area contributed by atoms with Gasteiger partial charge in [-0.3, -0.25) is 9.29 Å². The molecule has 0 fully saturated rings. The van der Waals surface area contributed by atoms with E-state index in [-0.39, 0.29) is 17.6 Å². The molecule has 0 spiro atoms. The van der Waals surface area contributed by atoms with Crippen molar-refractivity contribution < 1.29 is 18.3 Å². The van der Waals surface area contributed by atoms with E-state index in [4.69, 9.17) is 10.00 Å². The summed E-state index contributed by atoms with van der Waals surface area (Å²) < 4.78 is 34.8. The molecular weight excluding hydrogens is 370 g/mol. The van der Waals surface area contributed by atoms with Crippen LogP contribution in [0, 0.1) is 11.3 Å². The summed E-state index contributed by atoms with van der Waals surface area (Å²) in [6.45, 7) is 3.10. The van der Waals surface area contributed by atoms with Crippen molar-refractivity contribution in [3.05, 3.63) is 36.2 Å². The standard InChI is InChI=1S/C17H19N5O4S/c1-17(2,23)10-26-16-20-9-14(22(16)3)27(24,25)21-13-6-4-5-12-11(7-18)8-19-15(12)13/h4-6,8-9,19,21,23H,10H2,1-3H3. The van der Waals surface area contributed by atoms with Gasteiger partial charge in [-0.05, 0) is 19.9 Å². The van der Waals surface area contributed by atoms with Gasteiger partial charge in [0.1, 0.15) is 12.7 Å². The van der Waals surface area contributed by atoms with Crippen molar-refractivity contribution in [3.63, 3.8) is 0 Å². The van der Waals surface area contributed by atoms with Gasteiger partial charge in [-0.2, -0.15) is 13.7 Å². The second-order valence-electron chi connectivity index (χ2n) is 6.69. The first-order valence-electron chi connectivity index (χ1n) is 8.02. The van der Waals surface area contributed by atoms with Crippen LogP contribution in [0.5, 0.6) is 6.01 Å². The molecule has 0 unspecified atom stereocenters. The number of aromatic amines is 1. The number of aromatic nitrogens is 3. The maximum absolute atomic E-state index is 12.8. The zero-order valence-electron chi connectivity index (χ0n) is 15.0. The van der Waals surface area contributed by atoms with E-state index >= 15 is 0 Å². The van der Waals surface area contributed by atoms with E-state index in [1.54, 1.807) is 32.0 Å². The number of nitriles is 1. The Morgan fingerprint density at radius 3 is 2.85 bits per heavy atom. The maximum atomic E-state index is 12.8. The molecule has 0 aliphatic carbocycles. The fraction of sp³-hybridized carbons (Fsp3) is 0.294. The summed E-state index contributed by atoms with van der Waals surface area (Å²) in [5.41, 5.74) is 0.173. The summed E-state index contributed by atoms with van der Waals surface area (Å²) in [7, 11) is -2.46. The van der Waals surface area contributed by atoms with E-state index in [0.29, 0.717) is 22.2 Å². The Morgan fingerprint density at radius 1 is 1.44 bits per heavy atom. The van der Waals surface area contributed by atoms with Crippen LogP contribution >= 0.6 is 0 Å². The van der Waals surface area contributed by atoms with Crippen LogP contribution in [0.4, 0.5) is 5.69 Å². The number of para-hydroxylation sites is 1. The van der Waals surface area contributed by atoms with E-state index in [0.717, 1.165) is 0 Å². The molecular formula is C17H19N5O4S. The first-order chi connectivity index (χ1) is 12.6. The monoisotopic (exact) mass is 389 g/mol. The van der Waals surface area contributed by atoms with Gasteiger partial charge in [0.25, 0.3) is 16.0 Å². The Labute approximate surface area is 156 Å². The minimum absolute atomic E-state index is 0.0382. The zero-order valence-corrected chi connectivity index (χ0v) is 15.8. The molecule has 3 N–H and O–H groups in total. The molecule has 9 nitrogen and oxygen atoms in total.